The first-order chi connectivity index (χ1) is 14.5. The quantitative estimate of drug-likeness (QED) is 0.158. The van der Waals surface area contributed by atoms with Crippen LogP contribution >= 0.6 is 11.8 Å². The summed E-state index contributed by atoms with van der Waals surface area (Å²) in [6.07, 6.45) is 2.29. The lowest BCUT2D eigenvalue weighted by molar-refractivity contribution is 0.102. The van der Waals surface area contributed by atoms with E-state index in [0.29, 0.717) is 28.0 Å². The summed E-state index contributed by atoms with van der Waals surface area (Å²) >= 11 is 1.60. The highest BCUT2D eigenvalue weighted by molar-refractivity contribution is 7.99. The molecule has 1 heterocycles. The van der Waals surface area contributed by atoms with Crippen LogP contribution in [0.25, 0.3) is 10.9 Å². The molecular weight excluding hydrogens is 401 g/mol. The maximum atomic E-state index is 13.3. The number of fused-ring (bicyclic) bond motifs is 1. The maximum absolute atomic E-state index is 13.3. The summed E-state index contributed by atoms with van der Waals surface area (Å²) in [5, 5.41) is 9.62. The Morgan fingerprint density at radius 3 is 2.67 bits per heavy atom. The molecule has 0 atom stereocenters. The average Bonchev–Trinajstić information content (AvgIpc) is 3.14. The number of unbranched alkanes of at least 4 members (excludes halogenated alkanes) is 1. The Morgan fingerprint density at radius 2 is 1.93 bits per heavy atom. The molecule has 1 amide bonds. The molecule has 30 heavy (non-hydrogen) atoms. The number of halogens is 1. The molecule has 0 spiro atoms. The van der Waals surface area contributed by atoms with Gasteiger partial charge >= 0.3 is 0 Å². The van der Waals surface area contributed by atoms with E-state index in [9.17, 15) is 9.18 Å². The van der Waals surface area contributed by atoms with Crippen LogP contribution in [0.3, 0.4) is 0 Å². The summed E-state index contributed by atoms with van der Waals surface area (Å²) in [5.41, 5.74) is 8.47. The normalized spacial score (nSPS) is 10.5. The summed E-state index contributed by atoms with van der Waals surface area (Å²) in [6, 6.07) is 11.4. The zero-order valence-corrected chi connectivity index (χ0v) is 18.5. The van der Waals surface area contributed by atoms with Gasteiger partial charge in [-0.1, -0.05) is 13.3 Å². The number of nitrogen functional groups attached to an aromatic ring is 1. The number of H-pyrrole nitrogens is 1. The standard InChI is InChI=1S/C20H23FN4OS.C2H7N/c1-2-3-8-23-12-27-19-11-15(5-6-16(19)22)24-20(26)18-10-13-9-14(21)4-7-17(13)25-18;1-3-2/h4-7,9-11,23,25H,2-3,8,12,22H2,1H3,(H,24,26);3H,1-2H3. The molecule has 3 aromatic rings. The van der Waals surface area contributed by atoms with E-state index in [1.807, 2.05) is 20.2 Å². The molecule has 162 valence electrons. The van der Waals surface area contributed by atoms with Crippen LogP contribution in [0.2, 0.25) is 0 Å². The van der Waals surface area contributed by atoms with Crippen LogP contribution in [0.4, 0.5) is 15.8 Å². The molecule has 0 aliphatic carbocycles. The third-order valence-electron chi connectivity index (χ3n) is 4.14. The third kappa shape index (κ3) is 7.05. The number of nitrogens with two attached hydrogens (primary N) is 1. The van der Waals surface area contributed by atoms with Crippen molar-refractivity contribution in [2.45, 2.75) is 24.7 Å². The maximum Gasteiger partial charge on any atom is 0.272 e. The van der Waals surface area contributed by atoms with Crippen molar-refractivity contribution < 1.29 is 9.18 Å². The van der Waals surface area contributed by atoms with Crippen LogP contribution in [-0.4, -0.2) is 37.4 Å². The first kappa shape index (κ1) is 23.7. The lowest BCUT2D eigenvalue weighted by atomic mass is 10.2. The monoisotopic (exact) mass is 431 g/mol. The van der Waals surface area contributed by atoms with E-state index >= 15 is 0 Å². The van der Waals surface area contributed by atoms with E-state index in [1.54, 1.807) is 36.0 Å². The zero-order chi connectivity index (χ0) is 21.9. The molecule has 1 aromatic heterocycles. The average molecular weight is 432 g/mol. The highest BCUT2D eigenvalue weighted by atomic mass is 32.2. The van der Waals surface area contributed by atoms with Gasteiger partial charge in [-0.25, -0.2) is 4.39 Å². The van der Waals surface area contributed by atoms with Crippen molar-refractivity contribution in [1.82, 2.24) is 15.6 Å². The van der Waals surface area contributed by atoms with E-state index < -0.39 is 0 Å². The van der Waals surface area contributed by atoms with Crippen molar-refractivity contribution in [2.24, 2.45) is 0 Å². The second-order valence-electron chi connectivity index (χ2n) is 6.76. The molecule has 0 saturated carbocycles. The summed E-state index contributed by atoms with van der Waals surface area (Å²) < 4.78 is 13.3. The molecule has 2 aromatic carbocycles. The molecule has 6 N–H and O–H groups in total. The van der Waals surface area contributed by atoms with Gasteiger partial charge in [0.2, 0.25) is 0 Å². The number of carbonyl (C=O) groups is 1. The van der Waals surface area contributed by atoms with Gasteiger partial charge in [0.1, 0.15) is 11.5 Å². The Morgan fingerprint density at radius 1 is 1.17 bits per heavy atom. The highest BCUT2D eigenvalue weighted by Gasteiger charge is 2.11. The lowest BCUT2D eigenvalue weighted by Gasteiger charge is -2.10. The van der Waals surface area contributed by atoms with Crippen molar-refractivity contribution in [3.8, 4) is 0 Å². The SMILES string of the molecule is CCCCNCSc1cc(NC(=O)c2cc3cc(F)ccc3[nH]2)ccc1N.CNC. The number of hydrogen-bond donors (Lipinski definition) is 5. The number of aromatic amines is 1. The predicted molar refractivity (Wildman–Crippen MR) is 126 cm³/mol. The van der Waals surface area contributed by atoms with Gasteiger partial charge in [-0.3, -0.25) is 4.79 Å². The van der Waals surface area contributed by atoms with Crippen molar-refractivity contribution in [3.63, 3.8) is 0 Å². The van der Waals surface area contributed by atoms with Crippen LogP contribution in [0, 0.1) is 5.82 Å². The lowest BCUT2D eigenvalue weighted by Crippen LogP contribution is -2.14. The van der Waals surface area contributed by atoms with Gasteiger partial charge in [-0.05, 0) is 69.5 Å². The second kappa shape index (κ2) is 12.2. The number of rotatable bonds is 8. The van der Waals surface area contributed by atoms with Gasteiger partial charge in [-0.15, -0.1) is 11.8 Å². The Hall–Kier alpha value is -2.55. The summed E-state index contributed by atoms with van der Waals surface area (Å²) in [6.45, 7) is 3.13. The molecule has 0 radical (unpaired) electrons. The molecule has 0 aliphatic heterocycles. The van der Waals surface area contributed by atoms with E-state index in [0.717, 1.165) is 30.2 Å². The first-order valence-electron chi connectivity index (χ1n) is 9.89. The minimum absolute atomic E-state index is 0.284. The smallest absolute Gasteiger partial charge is 0.272 e. The largest absolute Gasteiger partial charge is 0.398 e. The van der Waals surface area contributed by atoms with Gasteiger partial charge in [-0.2, -0.15) is 0 Å². The number of thioether (sulfide) groups is 1. The Labute approximate surface area is 181 Å². The molecule has 0 unspecified atom stereocenters. The summed E-state index contributed by atoms with van der Waals surface area (Å²) in [7, 11) is 3.75. The summed E-state index contributed by atoms with van der Waals surface area (Å²) in [4.78, 5) is 16.4. The molecule has 0 aliphatic rings. The van der Waals surface area contributed by atoms with E-state index in [4.69, 9.17) is 5.73 Å². The number of carbonyl (C=O) groups excluding carboxylic acids is 1. The third-order valence-corrected chi connectivity index (χ3v) is 5.15. The van der Waals surface area contributed by atoms with Crippen LogP contribution in [0.5, 0.6) is 0 Å². The van der Waals surface area contributed by atoms with Crippen molar-refractivity contribution in [1.29, 1.82) is 0 Å². The minimum Gasteiger partial charge on any atom is -0.398 e. The molecule has 6 nitrogen and oxygen atoms in total. The molecule has 0 bridgehead atoms. The fraction of sp³-hybridized carbons (Fsp3) is 0.318. The van der Waals surface area contributed by atoms with Crippen molar-refractivity contribution in [2.75, 3.05) is 37.6 Å². The topological polar surface area (TPSA) is 95.0 Å². The van der Waals surface area contributed by atoms with Gasteiger partial charge in [0.15, 0.2) is 0 Å². The van der Waals surface area contributed by atoms with Crippen LogP contribution in [0.15, 0.2) is 47.4 Å². The second-order valence-corrected chi connectivity index (χ2v) is 7.78. The molecule has 0 fully saturated rings. The molecule has 0 saturated heterocycles. The van der Waals surface area contributed by atoms with Crippen LogP contribution in [-0.2, 0) is 0 Å². The van der Waals surface area contributed by atoms with Gasteiger partial charge in [0.25, 0.3) is 5.91 Å². The number of anilines is 2. The van der Waals surface area contributed by atoms with E-state index in [2.05, 4.69) is 27.9 Å². The number of amides is 1. The number of hydrogen-bond acceptors (Lipinski definition) is 5. The fourth-order valence-electron chi connectivity index (χ4n) is 2.66. The number of nitrogens with one attached hydrogen (secondary N) is 4. The van der Waals surface area contributed by atoms with Crippen LogP contribution in [0.1, 0.15) is 30.3 Å². The van der Waals surface area contributed by atoms with Crippen LogP contribution < -0.4 is 21.7 Å². The molecule has 3 rings (SSSR count). The van der Waals surface area contributed by atoms with Gasteiger partial charge in [0.05, 0.1) is 0 Å². The van der Waals surface area contributed by atoms with E-state index in [1.165, 1.54) is 12.1 Å². The fourth-order valence-corrected chi connectivity index (χ4v) is 3.51. The predicted octanol–water partition coefficient (Wildman–Crippen LogP) is 4.42. The van der Waals surface area contributed by atoms with Gasteiger partial charge in [0, 0.05) is 33.0 Å². The number of benzene rings is 2. The Kier molecular flexibility index (Phi) is 9.66. The van der Waals surface area contributed by atoms with Gasteiger partial charge < -0.3 is 26.7 Å². The van der Waals surface area contributed by atoms with Crippen molar-refractivity contribution >= 4 is 39.9 Å². The first-order valence-corrected chi connectivity index (χ1v) is 10.9. The van der Waals surface area contributed by atoms with Crippen molar-refractivity contribution in [3.05, 3.63) is 54.0 Å². The molecular formula is C22H30FN5OS. The minimum atomic E-state index is -0.332. The molecule has 8 heteroatoms. The van der Waals surface area contributed by atoms with E-state index in [-0.39, 0.29) is 11.7 Å². The highest BCUT2D eigenvalue weighted by Crippen LogP contribution is 2.28. The Bertz CT molecular complexity index is 960. The summed E-state index contributed by atoms with van der Waals surface area (Å²) in [5.74, 6) is 0.143. The zero-order valence-electron chi connectivity index (χ0n) is 17.6. The Balaban J connectivity index is 0.00000101. The number of aromatic nitrogens is 1.